The predicted molar refractivity (Wildman–Crippen MR) is 57.0 cm³/mol. The second-order valence-electron chi connectivity index (χ2n) is 2.78. The average molecular weight is 259 g/mol. The maximum Gasteiger partial charge on any atom is 0.327 e. The molecule has 0 amide bonds. The lowest BCUT2D eigenvalue weighted by Crippen LogP contribution is -2.27. The molecule has 14 heavy (non-hydrogen) atoms. The average Bonchev–Trinajstić information content (AvgIpc) is 2.16. The van der Waals surface area contributed by atoms with Crippen molar-refractivity contribution >= 4 is 27.6 Å². The summed E-state index contributed by atoms with van der Waals surface area (Å²) < 4.78 is 5.44. The predicted octanol–water partition coefficient (Wildman–Crippen LogP) is 1.82. The van der Waals surface area contributed by atoms with E-state index in [-0.39, 0.29) is 12.0 Å². The number of carbonyl (C=O) groups is 1. The summed E-state index contributed by atoms with van der Waals surface area (Å²) in [7, 11) is 1.36. The fraction of sp³-hybridized carbons (Fsp3) is 0.333. The quantitative estimate of drug-likeness (QED) is 0.841. The number of pyridine rings is 1. The lowest BCUT2D eigenvalue weighted by Gasteiger charge is -2.12. The fourth-order valence-electron chi connectivity index (χ4n) is 0.976. The highest BCUT2D eigenvalue weighted by Gasteiger charge is 2.12. The summed E-state index contributed by atoms with van der Waals surface area (Å²) in [6.45, 7) is 1.73. The van der Waals surface area contributed by atoms with Crippen LogP contribution in [0.4, 0.5) is 5.69 Å². The van der Waals surface area contributed by atoms with E-state index in [0.717, 1.165) is 10.2 Å². The first-order chi connectivity index (χ1) is 6.63. The summed E-state index contributed by atoms with van der Waals surface area (Å²) in [4.78, 5) is 15.0. The second-order valence-corrected chi connectivity index (χ2v) is 3.70. The summed E-state index contributed by atoms with van der Waals surface area (Å²) in [5.41, 5.74) is 0.775. The lowest BCUT2D eigenvalue weighted by molar-refractivity contribution is -0.141. The molecule has 5 heteroatoms. The number of ether oxygens (including phenoxy) is 1. The van der Waals surface area contributed by atoms with Crippen molar-refractivity contribution in [1.82, 2.24) is 4.98 Å². The fourth-order valence-corrected chi connectivity index (χ4v) is 1.34. The zero-order chi connectivity index (χ0) is 10.6. The molecule has 0 spiro atoms. The van der Waals surface area contributed by atoms with Crippen LogP contribution in [0.15, 0.2) is 22.9 Å². The molecule has 0 bridgehead atoms. The van der Waals surface area contributed by atoms with Gasteiger partial charge in [0.15, 0.2) is 0 Å². The van der Waals surface area contributed by atoms with Crippen molar-refractivity contribution < 1.29 is 9.53 Å². The Bertz CT molecular complexity index is 330. The Hall–Kier alpha value is -1.10. The maximum absolute atomic E-state index is 11.1. The molecule has 0 saturated carbocycles. The summed E-state index contributed by atoms with van der Waals surface area (Å²) >= 11 is 3.29. The number of carbonyl (C=O) groups excluding carboxylic acids is 1. The molecule has 0 radical (unpaired) electrons. The number of nitrogens with one attached hydrogen (secondary N) is 1. The van der Waals surface area contributed by atoms with Crippen LogP contribution in [0.5, 0.6) is 0 Å². The number of anilines is 1. The standard InChI is InChI=1S/C9H11BrN2O2/c1-6(9(13)14-2)12-8-3-7(10)4-11-5-8/h3-6,12H,1-2H3. The highest BCUT2D eigenvalue weighted by molar-refractivity contribution is 9.10. The largest absolute Gasteiger partial charge is 0.467 e. The zero-order valence-corrected chi connectivity index (χ0v) is 9.54. The van der Waals surface area contributed by atoms with E-state index in [1.54, 1.807) is 19.3 Å². The van der Waals surface area contributed by atoms with Crippen molar-refractivity contribution in [1.29, 1.82) is 0 Å². The van der Waals surface area contributed by atoms with Crippen molar-refractivity contribution in [2.45, 2.75) is 13.0 Å². The molecule has 1 N–H and O–H groups in total. The number of hydrogen-bond donors (Lipinski definition) is 1. The van der Waals surface area contributed by atoms with Crippen LogP contribution in [0.1, 0.15) is 6.92 Å². The highest BCUT2D eigenvalue weighted by atomic mass is 79.9. The maximum atomic E-state index is 11.1. The van der Waals surface area contributed by atoms with Gasteiger partial charge in [0.1, 0.15) is 6.04 Å². The van der Waals surface area contributed by atoms with E-state index in [1.807, 2.05) is 6.07 Å². The van der Waals surface area contributed by atoms with Gasteiger partial charge in [-0.2, -0.15) is 0 Å². The number of nitrogens with zero attached hydrogens (tertiary/aromatic N) is 1. The van der Waals surface area contributed by atoms with Gasteiger partial charge in [-0.1, -0.05) is 0 Å². The molecule has 1 unspecified atom stereocenters. The Balaban J connectivity index is 2.64. The third-order valence-corrected chi connectivity index (χ3v) is 2.08. The van der Waals surface area contributed by atoms with Gasteiger partial charge >= 0.3 is 5.97 Å². The van der Waals surface area contributed by atoms with Gasteiger partial charge in [0.05, 0.1) is 19.0 Å². The Morgan fingerprint density at radius 1 is 1.64 bits per heavy atom. The van der Waals surface area contributed by atoms with E-state index in [9.17, 15) is 4.79 Å². The van der Waals surface area contributed by atoms with Gasteiger partial charge in [0.2, 0.25) is 0 Å². The van der Waals surface area contributed by atoms with E-state index >= 15 is 0 Å². The molecule has 1 rings (SSSR count). The third kappa shape index (κ3) is 2.99. The second kappa shape index (κ2) is 4.95. The van der Waals surface area contributed by atoms with E-state index in [1.165, 1.54) is 7.11 Å². The minimum atomic E-state index is -0.379. The van der Waals surface area contributed by atoms with E-state index in [4.69, 9.17) is 0 Å². The minimum Gasteiger partial charge on any atom is -0.467 e. The van der Waals surface area contributed by atoms with Crippen molar-refractivity contribution in [3.05, 3.63) is 22.9 Å². The lowest BCUT2D eigenvalue weighted by atomic mass is 10.3. The molecule has 0 fully saturated rings. The normalized spacial score (nSPS) is 11.9. The van der Waals surface area contributed by atoms with Crippen molar-refractivity contribution in [2.24, 2.45) is 0 Å². The molecule has 0 aromatic carbocycles. The summed E-state index contributed by atoms with van der Waals surface area (Å²) in [6, 6.07) is 1.46. The smallest absolute Gasteiger partial charge is 0.327 e. The van der Waals surface area contributed by atoms with Crippen LogP contribution in [0.3, 0.4) is 0 Å². The molecule has 1 aromatic heterocycles. The minimum absolute atomic E-state index is 0.301. The Labute approximate surface area is 90.8 Å². The van der Waals surface area contributed by atoms with Crippen LogP contribution >= 0.6 is 15.9 Å². The van der Waals surface area contributed by atoms with Gasteiger partial charge in [-0.25, -0.2) is 4.79 Å². The molecule has 76 valence electrons. The Kier molecular flexibility index (Phi) is 3.88. The summed E-state index contributed by atoms with van der Waals surface area (Å²) in [5, 5.41) is 2.97. The summed E-state index contributed by atoms with van der Waals surface area (Å²) in [6.07, 6.45) is 3.32. The molecule has 0 aliphatic heterocycles. The van der Waals surface area contributed by atoms with Gasteiger partial charge in [-0.15, -0.1) is 0 Å². The number of aromatic nitrogens is 1. The first-order valence-corrected chi connectivity index (χ1v) is 4.87. The van der Waals surface area contributed by atoms with Crippen LogP contribution in [0.25, 0.3) is 0 Å². The number of methoxy groups -OCH3 is 1. The van der Waals surface area contributed by atoms with Crippen LogP contribution in [0.2, 0.25) is 0 Å². The van der Waals surface area contributed by atoms with E-state index in [2.05, 4.69) is 31.0 Å². The molecular weight excluding hydrogens is 248 g/mol. The van der Waals surface area contributed by atoms with Crippen LogP contribution in [-0.4, -0.2) is 24.1 Å². The monoisotopic (exact) mass is 258 g/mol. The molecule has 0 aliphatic carbocycles. The Morgan fingerprint density at radius 2 is 2.36 bits per heavy atom. The SMILES string of the molecule is COC(=O)C(C)Nc1cncc(Br)c1. The first kappa shape index (κ1) is 11.0. The van der Waals surface area contributed by atoms with Gasteiger partial charge in [-0.05, 0) is 28.9 Å². The molecule has 1 heterocycles. The van der Waals surface area contributed by atoms with Gasteiger partial charge < -0.3 is 10.1 Å². The van der Waals surface area contributed by atoms with Crippen molar-refractivity contribution in [3.8, 4) is 0 Å². The number of esters is 1. The molecule has 1 aromatic rings. The van der Waals surface area contributed by atoms with Crippen LogP contribution in [0, 0.1) is 0 Å². The highest BCUT2D eigenvalue weighted by Crippen LogP contribution is 2.14. The molecule has 4 nitrogen and oxygen atoms in total. The number of rotatable bonds is 3. The number of halogens is 1. The van der Waals surface area contributed by atoms with Crippen LogP contribution in [-0.2, 0) is 9.53 Å². The summed E-state index contributed by atoms with van der Waals surface area (Å²) in [5.74, 6) is -0.301. The zero-order valence-electron chi connectivity index (χ0n) is 7.95. The first-order valence-electron chi connectivity index (χ1n) is 4.08. The molecule has 0 saturated heterocycles. The van der Waals surface area contributed by atoms with E-state index in [0.29, 0.717) is 0 Å². The van der Waals surface area contributed by atoms with Crippen molar-refractivity contribution in [3.63, 3.8) is 0 Å². The molecular formula is C9H11BrN2O2. The van der Waals surface area contributed by atoms with Crippen molar-refractivity contribution in [2.75, 3.05) is 12.4 Å². The number of hydrogen-bond acceptors (Lipinski definition) is 4. The molecule has 1 atom stereocenters. The topological polar surface area (TPSA) is 51.2 Å². The molecule has 0 aliphatic rings. The third-order valence-electron chi connectivity index (χ3n) is 1.64. The van der Waals surface area contributed by atoms with Gasteiger partial charge in [0.25, 0.3) is 0 Å². The Morgan fingerprint density at radius 3 is 2.93 bits per heavy atom. The van der Waals surface area contributed by atoms with Gasteiger partial charge in [-0.3, -0.25) is 4.98 Å². The van der Waals surface area contributed by atoms with Gasteiger partial charge in [0, 0.05) is 10.7 Å². The van der Waals surface area contributed by atoms with Crippen LogP contribution < -0.4 is 5.32 Å². The van der Waals surface area contributed by atoms with E-state index < -0.39 is 0 Å².